The molecule has 8 rings (SSSR count). The Morgan fingerprint density at radius 3 is 2.37 bits per heavy atom. The number of esters is 1. The average molecular weight is 988 g/mol. The lowest BCUT2D eigenvalue weighted by molar-refractivity contribution is -0.0490. The zero-order chi connectivity index (χ0) is 47.5. The summed E-state index contributed by atoms with van der Waals surface area (Å²) in [4.78, 5) is 63.3. The van der Waals surface area contributed by atoms with Crippen LogP contribution in [0.1, 0.15) is 34.8 Å². The van der Waals surface area contributed by atoms with E-state index in [1.807, 2.05) is 0 Å². The third-order valence-corrected chi connectivity index (χ3v) is 15.1. The van der Waals surface area contributed by atoms with Crippen LogP contribution in [-0.2, 0) is 42.5 Å². The van der Waals surface area contributed by atoms with E-state index in [1.54, 1.807) is 54.6 Å². The largest absolute Gasteiger partial charge is 0.497 e. The van der Waals surface area contributed by atoms with Gasteiger partial charge in [-0.15, -0.1) is 0 Å². The molecule has 2 fully saturated rings. The van der Waals surface area contributed by atoms with Crippen molar-refractivity contribution in [3.05, 3.63) is 130 Å². The first-order valence-electron chi connectivity index (χ1n) is 20.1. The number of hydrogen-bond acceptors (Lipinski definition) is 18. The van der Waals surface area contributed by atoms with Gasteiger partial charge < -0.3 is 29.6 Å². The van der Waals surface area contributed by atoms with Gasteiger partial charge in [0, 0.05) is 25.5 Å². The molecule has 0 aliphatic carbocycles. The highest BCUT2D eigenvalue weighted by Crippen LogP contribution is 2.64. The molecular formula is C41H41F2N7O14P2S. The van der Waals surface area contributed by atoms with Crippen LogP contribution in [0, 0.1) is 0 Å². The molecule has 0 saturated carbocycles. The number of ether oxygens (including phenoxy) is 4. The molecule has 3 aromatic carbocycles. The van der Waals surface area contributed by atoms with E-state index in [9.17, 15) is 28.4 Å². The standard InChI is InChI=1S/C41H41F2N7O14P2S/c1-57-26-14-10-25(11-15-26)40(52)62-27-12-8-23(9-13-27)20-67-66(56,60-18-28-16-30(42)38(61-28)50-22-47-33-35(44)45-21-46-36(33)50)64-34-31(19-59-65(54,55)58-2)63-39(32(34)43)49-17-29(37(51)48-41(49)53)24-6-4-3-5-7-24/h3-15,17,21-22,28,30-32,34,38-39H,16,18-20H2,1-2H3,(H,54,55)(H2,44,45,46)(H,48,51,53)/t28-,30+,31+,32+,34+,38+,39+,66?/m0/s1. The van der Waals surface area contributed by atoms with Crippen LogP contribution in [0.3, 0.4) is 0 Å². The second-order valence-electron chi connectivity index (χ2n) is 14.9. The molecule has 26 heteroatoms. The van der Waals surface area contributed by atoms with Crippen molar-refractivity contribution in [1.29, 1.82) is 0 Å². The number of H-pyrrole nitrogens is 1. The Morgan fingerprint density at radius 1 is 0.925 bits per heavy atom. The molecule has 354 valence electrons. The first-order chi connectivity index (χ1) is 32.1. The molecule has 4 N–H and O–H groups in total. The number of nitrogens with two attached hydrogens (primary N) is 1. The zero-order valence-electron chi connectivity index (χ0n) is 35.2. The molecule has 9 atom stereocenters. The molecule has 3 aromatic heterocycles. The number of benzene rings is 3. The van der Waals surface area contributed by atoms with Crippen LogP contribution >= 0.6 is 26.0 Å². The first-order valence-corrected chi connectivity index (χ1v) is 24.8. The summed E-state index contributed by atoms with van der Waals surface area (Å²) < 4.78 is 106. The third-order valence-electron chi connectivity index (χ3n) is 10.5. The van der Waals surface area contributed by atoms with Gasteiger partial charge in [-0.25, -0.2) is 42.5 Å². The van der Waals surface area contributed by atoms with Crippen molar-refractivity contribution in [3.63, 3.8) is 0 Å². The zero-order valence-corrected chi connectivity index (χ0v) is 37.8. The molecule has 21 nitrogen and oxygen atoms in total. The quantitative estimate of drug-likeness (QED) is 0.0512. The van der Waals surface area contributed by atoms with Crippen molar-refractivity contribution < 1.29 is 64.6 Å². The summed E-state index contributed by atoms with van der Waals surface area (Å²) >= 11 is 0.592. The van der Waals surface area contributed by atoms with Gasteiger partial charge in [0.25, 0.3) is 5.56 Å². The Morgan fingerprint density at radius 2 is 1.66 bits per heavy atom. The number of rotatable bonds is 18. The Hall–Kier alpha value is -5.65. The fourth-order valence-corrected chi connectivity index (χ4v) is 11.0. The minimum Gasteiger partial charge on any atom is -0.497 e. The highest BCUT2D eigenvalue weighted by molar-refractivity contribution is 8.54. The number of nitrogen functional groups attached to an aromatic ring is 1. The Balaban J connectivity index is 1.05. The number of hydrogen-bond donors (Lipinski definition) is 3. The van der Waals surface area contributed by atoms with Crippen LogP contribution in [0.4, 0.5) is 14.6 Å². The number of methoxy groups -OCH3 is 1. The van der Waals surface area contributed by atoms with Gasteiger partial charge in [-0.3, -0.25) is 37.0 Å². The van der Waals surface area contributed by atoms with Crippen molar-refractivity contribution in [2.24, 2.45) is 0 Å². The van der Waals surface area contributed by atoms with E-state index in [0.717, 1.165) is 17.9 Å². The molecule has 67 heavy (non-hydrogen) atoms. The fraction of sp³-hybridized carbons (Fsp3) is 0.317. The van der Waals surface area contributed by atoms with Crippen LogP contribution in [0.2, 0.25) is 0 Å². The molecule has 0 radical (unpaired) electrons. The van der Waals surface area contributed by atoms with Crippen LogP contribution in [0.15, 0.2) is 107 Å². The number of phosphoric ester groups is 1. The second-order valence-corrected chi connectivity index (χ2v) is 20.5. The summed E-state index contributed by atoms with van der Waals surface area (Å²) in [6.45, 7) is -6.13. The maximum absolute atomic E-state index is 17.0. The van der Waals surface area contributed by atoms with E-state index in [-0.39, 0.29) is 46.0 Å². The number of halogens is 2. The molecule has 2 saturated heterocycles. The molecule has 2 unspecified atom stereocenters. The maximum atomic E-state index is 17.0. The highest BCUT2D eigenvalue weighted by atomic mass is 32.7. The molecular weight excluding hydrogens is 946 g/mol. The molecule has 0 amide bonds. The van der Waals surface area contributed by atoms with Gasteiger partial charge in [-0.05, 0) is 58.9 Å². The van der Waals surface area contributed by atoms with Crippen molar-refractivity contribution in [2.75, 3.05) is 33.2 Å². The summed E-state index contributed by atoms with van der Waals surface area (Å²) in [6, 6.07) is 20.6. The van der Waals surface area contributed by atoms with Crippen LogP contribution in [0.25, 0.3) is 22.3 Å². The molecule has 5 heterocycles. The summed E-state index contributed by atoms with van der Waals surface area (Å²) in [6.07, 6.45) is -8.55. The van der Waals surface area contributed by atoms with Gasteiger partial charge in [0.05, 0.1) is 43.9 Å². The Bertz CT molecular complexity index is 2930. The number of fused-ring (bicyclic) bond motifs is 1. The first kappa shape index (κ1) is 47.8. The van der Waals surface area contributed by atoms with Gasteiger partial charge >= 0.3 is 26.3 Å². The number of imidazole rings is 1. The van der Waals surface area contributed by atoms with E-state index in [2.05, 4.69) is 24.5 Å². The van der Waals surface area contributed by atoms with Gasteiger partial charge in [-0.2, -0.15) is 0 Å². The lowest BCUT2D eigenvalue weighted by Gasteiger charge is -2.26. The van der Waals surface area contributed by atoms with E-state index in [4.69, 9.17) is 38.3 Å². The molecule has 2 aliphatic heterocycles. The highest BCUT2D eigenvalue weighted by Gasteiger charge is 2.52. The van der Waals surface area contributed by atoms with Gasteiger partial charge in [0.15, 0.2) is 30.1 Å². The Kier molecular flexibility index (Phi) is 14.5. The smallest absolute Gasteiger partial charge is 0.472 e. The summed E-state index contributed by atoms with van der Waals surface area (Å²) in [5.74, 6) is 0.0316. The Labute approximate surface area is 382 Å². The number of phosphoric acid groups is 1. The predicted molar refractivity (Wildman–Crippen MR) is 236 cm³/mol. The van der Waals surface area contributed by atoms with Crippen LogP contribution in [-0.4, -0.2) is 98.0 Å². The number of aromatic amines is 1. The van der Waals surface area contributed by atoms with Crippen molar-refractivity contribution in [2.45, 2.75) is 55.3 Å². The monoisotopic (exact) mass is 987 g/mol. The number of nitrogens with one attached hydrogen (secondary N) is 1. The summed E-state index contributed by atoms with van der Waals surface area (Å²) in [5.41, 5.74) is 5.59. The number of nitrogens with zero attached hydrogens (tertiary/aromatic N) is 5. The van der Waals surface area contributed by atoms with Gasteiger partial charge in [0.2, 0.25) is 0 Å². The van der Waals surface area contributed by atoms with E-state index < -0.39 is 88.2 Å². The summed E-state index contributed by atoms with van der Waals surface area (Å²) in [5, 5.41) is 0. The van der Waals surface area contributed by atoms with Gasteiger partial charge in [-0.1, -0.05) is 42.5 Å². The number of alkyl halides is 2. The van der Waals surface area contributed by atoms with E-state index in [1.165, 1.54) is 48.6 Å². The lowest BCUT2D eigenvalue weighted by Crippen LogP contribution is -2.37. The van der Waals surface area contributed by atoms with Gasteiger partial charge in [0.1, 0.15) is 41.7 Å². The maximum Gasteiger partial charge on any atom is 0.472 e. The minimum absolute atomic E-state index is 0.0286. The van der Waals surface area contributed by atoms with Crippen molar-refractivity contribution in [1.82, 2.24) is 29.1 Å². The molecule has 6 aromatic rings. The SMILES string of the molecule is COc1ccc(C(=O)Oc2ccc(CSP(=O)(OC[C@@H]3C[C@@H](F)[C@H](n4cnc5c(N)ncnc54)O3)O[C@H]3[C@@H](F)[C@H](n4cc(-c5ccccc5)c(=O)[nH]c4=O)O[C@@H]3COP(=O)(O)OC)cc2)cc1. The molecule has 0 spiro atoms. The number of carbonyl (C=O) groups is 1. The number of anilines is 1. The minimum atomic E-state index is -4.73. The molecule has 0 bridgehead atoms. The van der Waals surface area contributed by atoms with Crippen molar-refractivity contribution in [3.8, 4) is 22.6 Å². The normalized spacial score (nSPS) is 23.4. The lowest BCUT2D eigenvalue weighted by atomic mass is 10.1. The van der Waals surface area contributed by atoms with E-state index in [0.29, 0.717) is 28.3 Å². The number of carbonyl (C=O) groups excluding carboxylic acids is 1. The summed E-state index contributed by atoms with van der Waals surface area (Å²) in [7, 11) is -2.35. The average Bonchev–Trinajstić information content (AvgIpc) is 4.02. The number of aromatic nitrogens is 6. The second kappa shape index (κ2) is 20.3. The van der Waals surface area contributed by atoms with Crippen molar-refractivity contribution >= 4 is 49.0 Å². The third kappa shape index (κ3) is 10.9. The van der Waals surface area contributed by atoms with Crippen LogP contribution < -0.4 is 26.5 Å². The molecule has 2 aliphatic rings. The van der Waals surface area contributed by atoms with Crippen LogP contribution in [0.5, 0.6) is 11.5 Å². The van der Waals surface area contributed by atoms with E-state index >= 15 is 8.78 Å². The topological polar surface area (TPSA) is 270 Å². The fourth-order valence-electron chi connectivity index (χ4n) is 7.13. The predicted octanol–water partition coefficient (Wildman–Crippen LogP) is 5.92.